The van der Waals surface area contributed by atoms with E-state index in [9.17, 15) is 4.79 Å². The average Bonchev–Trinajstić information content (AvgIpc) is 2.68. The normalized spacial score (nSPS) is 29.6. The van der Waals surface area contributed by atoms with Crippen LogP contribution < -0.4 is 0 Å². The Morgan fingerprint density at radius 1 is 0.778 bits per heavy atom. The van der Waals surface area contributed by atoms with E-state index < -0.39 is 0 Å². The SMILES string of the molecule is CC(C)C1CCC(C(=O)N2CCC(CC3CCN(C(C)C)CC3)CC2)CC1. The van der Waals surface area contributed by atoms with E-state index >= 15 is 0 Å². The Hall–Kier alpha value is -0.570. The highest BCUT2D eigenvalue weighted by molar-refractivity contribution is 5.79. The summed E-state index contributed by atoms with van der Waals surface area (Å²) in [4.78, 5) is 17.8. The van der Waals surface area contributed by atoms with Crippen molar-refractivity contribution in [2.45, 2.75) is 91.5 Å². The number of hydrogen-bond donors (Lipinski definition) is 0. The van der Waals surface area contributed by atoms with Crippen molar-refractivity contribution in [3.8, 4) is 0 Å². The van der Waals surface area contributed by atoms with Crippen LogP contribution >= 0.6 is 0 Å². The van der Waals surface area contributed by atoms with Crippen LogP contribution in [0.2, 0.25) is 0 Å². The zero-order chi connectivity index (χ0) is 19.4. The molecule has 0 bridgehead atoms. The highest BCUT2D eigenvalue weighted by Crippen LogP contribution is 2.35. The van der Waals surface area contributed by atoms with Gasteiger partial charge in [0.2, 0.25) is 5.91 Å². The van der Waals surface area contributed by atoms with Crippen molar-refractivity contribution < 1.29 is 4.79 Å². The molecule has 0 spiro atoms. The molecular formula is C24H44N2O. The number of hydrogen-bond acceptors (Lipinski definition) is 2. The maximum absolute atomic E-state index is 12.9. The van der Waals surface area contributed by atoms with Gasteiger partial charge in [0, 0.05) is 25.0 Å². The Morgan fingerprint density at radius 3 is 1.78 bits per heavy atom. The largest absolute Gasteiger partial charge is 0.342 e. The van der Waals surface area contributed by atoms with E-state index in [2.05, 4.69) is 37.5 Å². The molecule has 3 aliphatic rings. The fourth-order valence-electron chi connectivity index (χ4n) is 5.86. The first-order valence-electron chi connectivity index (χ1n) is 12.0. The number of carbonyl (C=O) groups is 1. The average molecular weight is 377 g/mol. The molecule has 2 heterocycles. The second kappa shape index (κ2) is 9.76. The molecule has 1 amide bonds. The van der Waals surface area contributed by atoms with E-state index in [1.54, 1.807) is 0 Å². The first-order valence-corrected chi connectivity index (χ1v) is 12.0. The molecule has 1 aliphatic carbocycles. The van der Waals surface area contributed by atoms with Crippen LogP contribution in [0.25, 0.3) is 0 Å². The van der Waals surface area contributed by atoms with Crippen LogP contribution in [0.4, 0.5) is 0 Å². The van der Waals surface area contributed by atoms with Gasteiger partial charge in [0.1, 0.15) is 0 Å². The summed E-state index contributed by atoms with van der Waals surface area (Å²) in [6, 6.07) is 0.704. The third kappa shape index (κ3) is 5.71. The van der Waals surface area contributed by atoms with Gasteiger partial charge in [-0.2, -0.15) is 0 Å². The highest BCUT2D eigenvalue weighted by atomic mass is 16.2. The van der Waals surface area contributed by atoms with Gasteiger partial charge in [0.05, 0.1) is 0 Å². The third-order valence-electron chi connectivity index (χ3n) is 8.04. The van der Waals surface area contributed by atoms with Crippen LogP contribution in [-0.2, 0) is 4.79 Å². The molecule has 2 aliphatic heterocycles. The molecule has 0 aromatic rings. The van der Waals surface area contributed by atoms with Crippen LogP contribution in [0, 0.1) is 29.6 Å². The van der Waals surface area contributed by atoms with Gasteiger partial charge in [0.25, 0.3) is 0 Å². The molecule has 0 radical (unpaired) electrons. The van der Waals surface area contributed by atoms with E-state index in [0.717, 1.165) is 49.6 Å². The van der Waals surface area contributed by atoms with Crippen LogP contribution in [0.15, 0.2) is 0 Å². The Balaban J connectivity index is 1.36. The van der Waals surface area contributed by atoms with Crippen LogP contribution in [0.3, 0.4) is 0 Å². The summed E-state index contributed by atoms with van der Waals surface area (Å²) in [6.45, 7) is 14.0. The molecule has 1 saturated carbocycles. The van der Waals surface area contributed by atoms with Gasteiger partial charge >= 0.3 is 0 Å². The number of nitrogens with zero attached hydrogens (tertiary/aromatic N) is 2. The summed E-state index contributed by atoms with van der Waals surface area (Å²) in [5.41, 5.74) is 0. The number of rotatable bonds is 5. The molecule has 27 heavy (non-hydrogen) atoms. The van der Waals surface area contributed by atoms with Gasteiger partial charge in [-0.15, -0.1) is 0 Å². The van der Waals surface area contributed by atoms with Crippen molar-refractivity contribution in [1.82, 2.24) is 9.80 Å². The summed E-state index contributed by atoms with van der Waals surface area (Å²) < 4.78 is 0. The van der Waals surface area contributed by atoms with Crippen LogP contribution in [0.5, 0.6) is 0 Å². The third-order valence-corrected chi connectivity index (χ3v) is 8.04. The Bertz CT molecular complexity index is 451. The molecule has 3 rings (SSSR count). The van der Waals surface area contributed by atoms with Gasteiger partial charge in [-0.3, -0.25) is 4.79 Å². The molecule has 2 saturated heterocycles. The van der Waals surface area contributed by atoms with Crippen molar-refractivity contribution in [2.24, 2.45) is 29.6 Å². The van der Waals surface area contributed by atoms with Crippen molar-refractivity contribution >= 4 is 5.91 Å². The second-order valence-corrected chi connectivity index (χ2v) is 10.4. The van der Waals surface area contributed by atoms with E-state index in [1.807, 2.05) is 0 Å². The van der Waals surface area contributed by atoms with Crippen LogP contribution in [-0.4, -0.2) is 47.9 Å². The quantitative estimate of drug-likeness (QED) is 0.658. The lowest BCUT2D eigenvalue weighted by molar-refractivity contribution is -0.138. The molecule has 0 unspecified atom stereocenters. The molecule has 3 heteroatoms. The number of piperidine rings is 2. The molecule has 0 aromatic carbocycles. The second-order valence-electron chi connectivity index (χ2n) is 10.4. The number of carbonyl (C=O) groups excluding carboxylic acids is 1. The minimum absolute atomic E-state index is 0.330. The number of amides is 1. The first-order chi connectivity index (χ1) is 12.9. The van der Waals surface area contributed by atoms with Crippen LogP contribution in [0.1, 0.15) is 85.5 Å². The topological polar surface area (TPSA) is 23.6 Å². The predicted molar refractivity (Wildman–Crippen MR) is 114 cm³/mol. The van der Waals surface area contributed by atoms with Gasteiger partial charge < -0.3 is 9.80 Å². The summed E-state index contributed by atoms with van der Waals surface area (Å²) in [5.74, 6) is 4.24. The zero-order valence-electron chi connectivity index (χ0n) is 18.5. The molecular weight excluding hydrogens is 332 g/mol. The summed E-state index contributed by atoms with van der Waals surface area (Å²) in [7, 11) is 0. The Morgan fingerprint density at radius 2 is 1.30 bits per heavy atom. The van der Waals surface area contributed by atoms with E-state index in [-0.39, 0.29) is 0 Å². The molecule has 3 nitrogen and oxygen atoms in total. The van der Waals surface area contributed by atoms with E-state index in [0.29, 0.717) is 17.9 Å². The lowest BCUT2D eigenvalue weighted by atomic mass is 9.76. The Kier molecular flexibility index (Phi) is 7.65. The molecule has 0 atom stereocenters. The smallest absolute Gasteiger partial charge is 0.225 e. The molecule has 156 valence electrons. The fraction of sp³-hybridized carbons (Fsp3) is 0.958. The van der Waals surface area contributed by atoms with E-state index in [4.69, 9.17) is 0 Å². The van der Waals surface area contributed by atoms with Gasteiger partial charge in [0.15, 0.2) is 0 Å². The minimum Gasteiger partial charge on any atom is -0.342 e. The van der Waals surface area contributed by atoms with Crippen molar-refractivity contribution in [3.05, 3.63) is 0 Å². The number of likely N-dealkylation sites (tertiary alicyclic amines) is 2. The lowest BCUT2D eigenvalue weighted by Crippen LogP contribution is -2.43. The van der Waals surface area contributed by atoms with Crippen molar-refractivity contribution in [2.75, 3.05) is 26.2 Å². The van der Waals surface area contributed by atoms with Crippen molar-refractivity contribution in [1.29, 1.82) is 0 Å². The summed E-state index contributed by atoms with van der Waals surface area (Å²) in [5, 5.41) is 0. The van der Waals surface area contributed by atoms with E-state index in [1.165, 1.54) is 58.0 Å². The van der Waals surface area contributed by atoms with Gasteiger partial charge in [-0.05, 0) is 108 Å². The fourth-order valence-corrected chi connectivity index (χ4v) is 5.86. The predicted octanol–water partition coefficient (Wildman–Crippen LogP) is 5.20. The Labute approximate surface area is 168 Å². The molecule has 0 N–H and O–H groups in total. The maximum atomic E-state index is 12.9. The maximum Gasteiger partial charge on any atom is 0.225 e. The standard InChI is InChI=1S/C24H44N2O/c1-18(2)22-5-7-23(8-6-22)24(27)26-15-11-21(12-16-26)17-20-9-13-25(14-10-20)19(3)4/h18-23H,5-17H2,1-4H3. The molecule has 0 aromatic heterocycles. The monoisotopic (exact) mass is 376 g/mol. The van der Waals surface area contributed by atoms with Gasteiger partial charge in [-0.25, -0.2) is 0 Å². The first kappa shape index (κ1) is 21.1. The summed E-state index contributed by atoms with van der Waals surface area (Å²) in [6.07, 6.45) is 11.5. The van der Waals surface area contributed by atoms with Crippen molar-refractivity contribution in [3.63, 3.8) is 0 Å². The minimum atomic E-state index is 0.330. The highest BCUT2D eigenvalue weighted by Gasteiger charge is 2.33. The zero-order valence-corrected chi connectivity index (χ0v) is 18.5. The van der Waals surface area contributed by atoms with Gasteiger partial charge in [-0.1, -0.05) is 13.8 Å². The summed E-state index contributed by atoms with van der Waals surface area (Å²) >= 11 is 0. The lowest BCUT2D eigenvalue weighted by Gasteiger charge is -2.39. The molecule has 3 fully saturated rings.